The van der Waals surface area contributed by atoms with Crippen LogP contribution in [0.25, 0.3) is 21.4 Å². The number of imidazole rings is 1. The molecule has 10 heteroatoms. The number of amides is 1. The van der Waals surface area contributed by atoms with Gasteiger partial charge in [0.2, 0.25) is 0 Å². The molecule has 0 fully saturated rings. The molecule has 0 radical (unpaired) electrons. The number of ether oxygens (including phenoxy) is 2. The van der Waals surface area contributed by atoms with E-state index in [0.29, 0.717) is 20.9 Å². The van der Waals surface area contributed by atoms with E-state index in [1.165, 1.54) is 16.2 Å². The van der Waals surface area contributed by atoms with Crippen molar-refractivity contribution >= 4 is 60.6 Å². The zero-order valence-electron chi connectivity index (χ0n) is 17.8. The fraction of sp³-hybridized carbons (Fsp3) is 0.333. The summed E-state index contributed by atoms with van der Waals surface area (Å²) in [6, 6.07) is 7.52. The van der Waals surface area contributed by atoms with Crippen LogP contribution in [0.1, 0.15) is 26.3 Å². The van der Waals surface area contributed by atoms with Crippen LogP contribution in [0.15, 0.2) is 34.5 Å². The number of anilines is 1. The van der Waals surface area contributed by atoms with Gasteiger partial charge in [0.05, 0.1) is 25.5 Å². The molecule has 8 nitrogen and oxygen atoms in total. The second-order valence-corrected chi connectivity index (χ2v) is 10.3. The second kappa shape index (κ2) is 8.08. The van der Waals surface area contributed by atoms with Crippen molar-refractivity contribution in [2.24, 2.45) is 7.05 Å². The Morgan fingerprint density at radius 3 is 2.58 bits per heavy atom. The molecule has 0 N–H and O–H groups in total. The van der Waals surface area contributed by atoms with Crippen LogP contribution in [-0.4, -0.2) is 38.3 Å². The van der Waals surface area contributed by atoms with E-state index in [-0.39, 0.29) is 6.54 Å². The number of carbonyl (C=O) groups excluding carboxylic acids is 1. The Morgan fingerprint density at radius 2 is 1.94 bits per heavy atom. The van der Waals surface area contributed by atoms with Crippen molar-refractivity contribution in [3.8, 4) is 5.75 Å². The fourth-order valence-electron chi connectivity index (χ4n) is 3.18. The number of halogens is 1. The van der Waals surface area contributed by atoms with Crippen LogP contribution in [0, 0.1) is 0 Å². The highest BCUT2D eigenvalue weighted by molar-refractivity contribution is 9.11. The van der Waals surface area contributed by atoms with E-state index in [4.69, 9.17) is 14.5 Å². The summed E-state index contributed by atoms with van der Waals surface area (Å²) in [4.78, 5) is 28.5. The number of rotatable bonds is 4. The molecule has 0 saturated heterocycles. The van der Waals surface area contributed by atoms with Crippen LogP contribution in [0.2, 0.25) is 0 Å². The molecule has 0 saturated carbocycles. The van der Waals surface area contributed by atoms with Crippen molar-refractivity contribution in [2.45, 2.75) is 32.9 Å². The van der Waals surface area contributed by atoms with Crippen molar-refractivity contribution < 1.29 is 14.3 Å². The van der Waals surface area contributed by atoms with Crippen molar-refractivity contribution in [2.75, 3.05) is 12.0 Å². The highest BCUT2D eigenvalue weighted by Gasteiger charge is 2.28. The molecule has 1 aromatic carbocycles. The van der Waals surface area contributed by atoms with E-state index >= 15 is 0 Å². The largest absolute Gasteiger partial charge is 0.497 e. The predicted molar refractivity (Wildman–Crippen MR) is 125 cm³/mol. The van der Waals surface area contributed by atoms with Crippen LogP contribution in [0.4, 0.5) is 10.6 Å². The maximum Gasteiger partial charge on any atom is 0.416 e. The third kappa shape index (κ3) is 4.35. The molecular formula is C21H22BrN5O3S. The lowest BCUT2D eigenvalue weighted by Crippen LogP contribution is -2.37. The van der Waals surface area contributed by atoms with Crippen molar-refractivity contribution in [1.29, 1.82) is 0 Å². The minimum Gasteiger partial charge on any atom is -0.497 e. The van der Waals surface area contributed by atoms with Crippen molar-refractivity contribution in [1.82, 2.24) is 19.5 Å². The summed E-state index contributed by atoms with van der Waals surface area (Å²) in [5.41, 5.74) is 2.27. The maximum absolute atomic E-state index is 13.3. The lowest BCUT2D eigenvalue weighted by Gasteiger charge is -2.27. The first-order valence-corrected chi connectivity index (χ1v) is 11.2. The third-order valence-electron chi connectivity index (χ3n) is 4.53. The Hall–Kier alpha value is -2.72. The molecule has 0 unspecified atom stereocenters. The monoisotopic (exact) mass is 503 g/mol. The summed E-state index contributed by atoms with van der Waals surface area (Å²) in [5.74, 6) is 1.15. The normalized spacial score (nSPS) is 11.8. The first kappa shape index (κ1) is 21.5. The number of pyridine rings is 1. The standard InChI is InChI=1S/C21H22BrN5O3S/c1-21(2,3)30-20(28)27(10-12-6-8-13(29-5)9-7-12)18-14-15(26(4)11-23-14)16-17(24-18)25-19(22)31-16/h6-9,11H,10H2,1-5H3. The number of hydrogen-bond acceptors (Lipinski definition) is 7. The van der Waals surface area contributed by atoms with E-state index in [1.54, 1.807) is 13.4 Å². The topological polar surface area (TPSA) is 82.4 Å². The van der Waals surface area contributed by atoms with E-state index < -0.39 is 11.7 Å². The number of thiazole rings is 1. The Morgan fingerprint density at radius 1 is 1.23 bits per heavy atom. The average Bonchev–Trinajstić information content (AvgIpc) is 3.26. The van der Waals surface area contributed by atoms with Crippen LogP contribution < -0.4 is 9.64 Å². The van der Waals surface area contributed by atoms with Crippen molar-refractivity contribution in [3.63, 3.8) is 0 Å². The summed E-state index contributed by atoms with van der Waals surface area (Å²) in [6.07, 6.45) is 1.21. The van der Waals surface area contributed by atoms with Gasteiger partial charge in [0, 0.05) is 7.05 Å². The molecule has 0 aliphatic carbocycles. The van der Waals surface area contributed by atoms with Gasteiger partial charge in [-0.25, -0.2) is 19.7 Å². The highest BCUT2D eigenvalue weighted by atomic mass is 79.9. The number of carbonyl (C=O) groups is 1. The summed E-state index contributed by atoms with van der Waals surface area (Å²) in [7, 11) is 3.53. The van der Waals surface area contributed by atoms with Gasteiger partial charge in [-0.1, -0.05) is 12.1 Å². The number of methoxy groups -OCH3 is 1. The minimum atomic E-state index is -0.660. The molecule has 31 heavy (non-hydrogen) atoms. The van der Waals surface area contributed by atoms with Crippen LogP contribution in [0.3, 0.4) is 0 Å². The van der Waals surface area contributed by atoms with Gasteiger partial charge < -0.3 is 14.0 Å². The average molecular weight is 504 g/mol. The van der Waals surface area contributed by atoms with E-state index in [2.05, 4.69) is 25.9 Å². The number of fused-ring (bicyclic) bond motifs is 3. The Labute approximate surface area is 192 Å². The summed E-state index contributed by atoms with van der Waals surface area (Å²) < 4.78 is 14.5. The molecule has 4 aromatic rings. The molecule has 4 rings (SSSR count). The minimum absolute atomic E-state index is 0.258. The maximum atomic E-state index is 13.3. The quantitative estimate of drug-likeness (QED) is 0.376. The molecular weight excluding hydrogens is 482 g/mol. The molecule has 3 heterocycles. The first-order valence-electron chi connectivity index (χ1n) is 9.57. The molecule has 0 spiro atoms. The lowest BCUT2D eigenvalue weighted by atomic mass is 10.2. The summed E-state index contributed by atoms with van der Waals surface area (Å²) in [6.45, 7) is 5.76. The molecule has 0 aliphatic rings. The van der Waals surface area contributed by atoms with Crippen LogP contribution in [0.5, 0.6) is 5.75 Å². The number of nitrogens with zero attached hydrogens (tertiary/aromatic N) is 5. The summed E-state index contributed by atoms with van der Waals surface area (Å²) in [5, 5.41) is 0. The first-order chi connectivity index (χ1) is 14.7. The lowest BCUT2D eigenvalue weighted by molar-refractivity contribution is 0.0577. The zero-order chi connectivity index (χ0) is 22.3. The Bertz CT molecular complexity index is 1260. The van der Waals surface area contributed by atoms with E-state index in [1.807, 2.05) is 56.7 Å². The zero-order valence-corrected chi connectivity index (χ0v) is 20.2. The number of aryl methyl sites for hydroxylation is 1. The van der Waals surface area contributed by atoms with E-state index in [0.717, 1.165) is 21.5 Å². The van der Waals surface area contributed by atoms with E-state index in [9.17, 15) is 4.79 Å². The van der Waals surface area contributed by atoms with Gasteiger partial charge in [0.15, 0.2) is 15.4 Å². The number of aromatic nitrogens is 4. The molecule has 162 valence electrons. The molecule has 0 bridgehead atoms. The van der Waals surface area contributed by atoms with Gasteiger partial charge in [0.1, 0.15) is 21.6 Å². The van der Waals surface area contributed by atoms with Gasteiger partial charge in [-0.05, 0) is 54.4 Å². The summed E-state index contributed by atoms with van der Waals surface area (Å²) >= 11 is 4.92. The number of benzene rings is 1. The van der Waals surface area contributed by atoms with Gasteiger partial charge >= 0.3 is 6.09 Å². The fourth-order valence-corrected chi connectivity index (χ4v) is 4.65. The van der Waals surface area contributed by atoms with Gasteiger partial charge in [0.25, 0.3) is 0 Å². The van der Waals surface area contributed by atoms with Crippen LogP contribution >= 0.6 is 27.3 Å². The molecule has 1 amide bonds. The Balaban J connectivity index is 1.87. The smallest absolute Gasteiger partial charge is 0.416 e. The Kier molecular flexibility index (Phi) is 5.61. The predicted octanol–water partition coefficient (Wildman–Crippen LogP) is 5.29. The highest BCUT2D eigenvalue weighted by Crippen LogP contribution is 2.36. The van der Waals surface area contributed by atoms with Crippen LogP contribution in [-0.2, 0) is 18.3 Å². The molecule has 0 atom stereocenters. The van der Waals surface area contributed by atoms with Crippen molar-refractivity contribution in [3.05, 3.63) is 40.1 Å². The SMILES string of the molecule is COc1ccc(CN(C(=O)OC(C)(C)C)c2nc3nc(Br)sc3c3c2ncn3C)cc1. The molecule has 0 aliphatic heterocycles. The van der Waals surface area contributed by atoms with Gasteiger partial charge in [-0.2, -0.15) is 0 Å². The third-order valence-corrected chi connectivity index (χ3v) is 6.03. The van der Waals surface area contributed by atoms with Gasteiger partial charge in [-0.15, -0.1) is 11.3 Å². The second-order valence-electron chi connectivity index (χ2n) is 8.02. The van der Waals surface area contributed by atoms with Gasteiger partial charge in [-0.3, -0.25) is 4.90 Å². The molecule has 3 aromatic heterocycles. The number of hydrogen-bond donors (Lipinski definition) is 0.